The Morgan fingerprint density at radius 3 is 2.69 bits per heavy atom. The van der Waals surface area contributed by atoms with E-state index in [-0.39, 0.29) is 17.6 Å². The second-order valence-corrected chi connectivity index (χ2v) is 6.38. The summed E-state index contributed by atoms with van der Waals surface area (Å²) < 4.78 is 13.1. The minimum atomic E-state index is -0.290. The van der Waals surface area contributed by atoms with E-state index in [4.69, 9.17) is 0 Å². The minimum absolute atomic E-state index is 0.00960. The van der Waals surface area contributed by atoms with Crippen molar-refractivity contribution in [3.8, 4) is 11.4 Å². The van der Waals surface area contributed by atoms with Gasteiger partial charge in [0.15, 0.2) is 5.82 Å². The fourth-order valence-electron chi connectivity index (χ4n) is 3.25. The smallest absolute Gasteiger partial charge is 0.253 e. The van der Waals surface area contributed by atoms with Gasteiger partial charge in [0.25, 0.3) is 5.91 Å². The van der Waals surface area contributed by atoms with E-state index in [0.717, 1.165) is 30.8 Å². The van der Waals surface area contributed by atoms with Crippen LogP contribution in [0.4, 0.5) is 4.39 Å². The second kappa shape index (κ2) is 7.03. The molecule has 3 aromatic rings. The number of rotatable bonds is 3. The van der Waals surface area contributed by atoms with Gasteiger partial charge in [0.2, 0.25) is 0 Å². The van der Waals surface area contributed by atoms with E-state index in [2.05, 4.69) is 20.2 Å². The molecule has 1 atom stereocenters. The predicted octanol–water partition coefficient (Wildman–Crippen LogP) is 3.03. The molecule has 132 valence electrons. The molecule has 4 rings (SSSR count). The number of halogens is 1. The van der Waals surface area contributed by atoms with Gasteiger partial charge >= 0.3 is 0 Å². The molecule has 3 heterocycles. The Kier molecular flexibility index (Phi) is 4.43. The van der Waals surface area contributed by atoms with Crippen LogP contribution in [0, 0.1) is 5.82 Å². The van der Waals surface area contributed by atoms with Gasteiger partial charge in [0.1, 0.15) is 11.6 Å². The summed E-state index contributed by atoms with van der Waals surface area (Å²) in [5, 5.41) is 7.23. The van der Waals surface area contributed by atoms with Crippen molar-refractivity contribution >= 4 is 5.91 Å². The van der Waals surface area contributed by atoms with E-state index < -0.39 is 0 Å². The summed E-state index contributed by atoms with van der Waals surface area (Å²) in [4.78, 5) is 23.0. The van der Waals surface area contributed by atoms with Crippen molar-refractivity contribution in [1.29, 1.82) is 0 Å². The van der Waals surface area contributed by atoms with E-state index >= 15 is 0 Å². The molecular formula is C19H18FN5O. The number of nitrogens with zero attached hydrogens (tertiary/aromatic N) is 4. The molecule has 2 aromatic heterocycles. The first kappa shape index (κ1) is 16.4. The van der Waals surface area contributed by atoms with E-state index in [0.29, 0.717) is 17.9 Å². The fraction of sp³-hybridized carbons (Fsp3) is 0.263. The Morgan fingerprint density at radius 1 is 1.15 bits per heavy atom. The highest BCUT2D eigenvalue weighted by Gasteiger charge is 2.27. The Morgan fingerprint density at radius 2 is 1.92 bits per heavy atom. The maximum absolute atomic E-state index is 13.1. The van der Waals surface area contributed by atoms with Gasteiger partial charge in [-0.1, -0.05) is 0 Å². The van der Waals surface area contributed by atoms with Crippen LogP contribution in [0.3, 0.4) is 0 Å². The zero-order chi connectivity index (χ0) is 17.9. The molecule has 1 aliphatic rings. The van der Waals surface area contributed by atoms with Crippen molar-refractivity contribution in [1.82, 2.24) is 25.1 Å². The van der Waals surface area contributed by atoms with Gasteiger partial charge in [0.05, 0.1) is 0 Å². The van der Waals surface area contributed by atoms with Crippen molar-refractivity contribution in [2.45, 2.75) is 18.8 Å². The molecule has 7 heteroatoms. The number of amides is 1. The highest BCUT2D eigenvalue weighted by molar-refractivity contribution is 5.94. The van der Waals surface area contributed by atoms with Crippen molar-refractivity contribution in [2.24, 2.45) is 0 Å². The number of carbonyl (C=O) groups is 1. The number of pyridine rings is 1. The van der Waals surface area contributed by atoms with Crippen molar-refractivity contribution < 1.29 is 9.18 Å². The molecule has 1 saturated heterocycles. The maximum Gasteiger partial charge on any atom is 0.253 e. The van der Waals surface area contributed by atoms with Crippen LogP contribution in [0.2, 0.25) is 0 Å². The van der Waals surface area contributed by atoms with Crippen LogP contribution in [0.15, 0.2) is 48.8 Å². The molecule has 0 aliphatic carbocycles. The van der Waals surface area contributed by atoms with Gasteiger partial charge < -0.3 is 4.90 Å². The minimum Gasteiger partial charge on any atom is -0.338 e. The van der Waals surface area contributed by atoms with Crippen LogP contribution in [0.1, 0.15) is 34.9 Å². The first-order valence-electron chi connectivity index (χ1n) is 8.58. The molecule has 1 aliphatic heterocycles. The molecule has 1 aromatic carbocycles. The zero-order valence-corrected chi connectivity index (χ0v) is 14.1. The average Bonchev–Trinajstić information content (AvgIpc) is 3.19. The van der Waals surface area contributed by atoms with Crippen LogP contribution in [-0.4, -0.2) is 44.1 Å². The largest absolute Gasteiger partial charge is 0.338 e. The monoisotopic (exact) mass is 351 g/mol. The standard InChI is InChI=1S/C19H18FN5O/c20-16-5-3-13(4-6-16)17-22-18(24-23-17)15-2-1-11-25(12-15)19(26)14-7-9-21-10-8-14/h3-10,15H,1-2,11-12H2,(H,22,23,24). The zero-order valence-electron chi connectivity index (χ0n) is 14.1. The lowest BCUT2D eigenvalue weighted by Crippen LogP contribution is -2.39. The lowest BCUT2D eigenvalue weighted by atomic mass is 9.97. The van der Waals surface area contributed by atoms with Gasteiger partial charge in [-0.25, -0.2) is 9.37 Å². The lowest BCUT2D eigenvalue weighted by molar-refractivity contribution is 0.0704. The molecular weight excluding hydrogens is 333 g/mol. The normalized spacial score (nSPS) is 17.3. The van der Waals surface area contributed by atoms with Gasteiger partial charge in [0, 0.05) is 42.5 Å². The lowest BCUT2D eigenvalue weighted by Gasteiger charge is -2.31. The maximum atomic E-state index is 13.1. The highest BCUT2D eigenvalue weighted by Crippen LogP contribution is 2.27. The predicted molar refractivity (Wildman–Crippen MR) is 93.9 cm³/mol. The molecule has 1 unspecified atom stereocenters. The number of nitrogens with one attached hydrogen (secondary N) is 1. The molecule has 6 nitrogen and oxygen atoms in total. The summed E-state index contributed by atoms with van der Waals surface area (Å²) in [5.41, 5.74) is 1.40. The van der Waals surface area contributed by atoms with Crippen molar-refractivity contribution in [2.75, 3.05) is 13.1 Å². The molecule has 0 bridgehead atoms. The molecule has 1 fully saturated rings. The van der Waals surface area contributed by atoms with Gasteiger partial charge in [-0.05, 0) is 49.2 Å². The van der Waals surface area contributed by atoms with E-state index in [1.165, 1.54) is 12.1 Å². The molecule has 26 heavy (non-hydrogen) atoms. The van der Waals surface area contributed by atoms with E-state index in [1.54, 1.807) is 36.7 Å². The number of piperidine rings is 1. The Labute approximate surface area is 150 Å². The first-order chi connectivity index (χ1) is 12.7. The number of hydrogen-bond donors (Lipinski definition) is 1. The third kappa shape index (κ3) is 3.33. The molecule has 1 N–H and O–H groups in total. The summed E-state index contributed by atoms with van der Waals surface area (Å²) >= 11 is 0. The van der Waals surface area contributed by atoms with E-state index in [1.807, 2.05) is 4.90 Å². The Balaban J connectivity index is 1.50. The Bertz CT molecular complexity index is 894. The molecule has 1 amide bonds. The number of hydrogen-bond acceptors (Lipinski definition) is 4. The van der Waals surface area contributed by atoms with Gasteiger partial charge in [-0.3, -0.25) is 14.9 Å². The average molecular weight is 351 g/mol. The number of benzene rings is 1. The number of carbonyl (C=O) groups excluding carboxylic acids is 1. The van der Waals surface area contributed by atoms with Crippen molar-refractivity contribution in [3.05, 3.63) is 66.0 Å². The SMILES string of the molecule is O=C(c1ccncc1)N1CCCC(c2nc(-c3ccc(F)cc3)n[nH]2)C1. The summed E-state index contributed by atoms with van der Waals surface area (Å²) in [6, 6.07) is 9.55. The number of aromatic amines is 1. The second-order valence-electron chi connectivity index (χ2n) is 6.38. The molecule has 0 saturated carbocycles. The number of aromatic nitrogens is 4. The Hall–Kier alpha value is -3.09. The van der Waals surface area contributed by atoms with Crippen LogP contribution in [-0.2, 0) is 0 Å². The summed E-state index contributed by atoms with van der Waals surface area (Å²) in [6.45, 7) is 1.33. The third-order valence-electron chi connectivity index (χ3n) is 4.63. The molecule has 0 radical (unpaired) electrons. The summed E-state index contributed by atoms with van der Waals surface area (Å²) in [6.07, 6.45) is 5.10. The van der Waals surface area contributed by atoms with Gasteiger partial charge in [-0.2, -0.15) is 5.10 Å². The van der Waals surface area contributed by atoms with E-state index in [9.17, 15) is 9.18 Å². The number of likely N-dealkylation sites (tertiary alicyclic amines) is 1. The van der Waals surface area contributed by atoms with Crippen LogP contribution < -0.4 is 0 Å². The highest BCUT2D eigenvalue weighted by atomic mass is 19.1. The number of H-pyrrole nitrogens is 1. The molecule has 0 spiro atoms. The third-order valence-corrected chi connectivity index (χ3v) is 4.63. The van der Waals surface area contributed by atoms with Gasteiger partial charge in [-0.15, -0.1) is 0 Å². The van der Waals surface area contributed by atoms with Crippen LogP contribution in [0.5, 0.6) is 0 Å². The quantitative estimate of drug-likeness (QED) is 0.787. The van der Waals surface area contributed by atoms with Crippen LogP contribution >= 0.6 is 0 Å². The first-order valence-corrected chi connectivity index (χ1v) is 8.58. The fourth-order valence-corrected chi connectivity index (χ4v) is 3.25. The van der Waals surface area contributed by atoms with Crippen molar-refractivity contribution in [3.63, 3.8) is 0 Å². The summed E-state index contributed by atoms with van der Waals surface area (Å²) in [5.74, 6) is 1.13. The van der Waals surface area contributed by atoms with Crippen LogP contribution in [0.25, 0.3) is 11.4 Å². The summed E-state index contributed by atoms with van der Waals surface area (Å²) in [7, 11) is 0. The topological polar surface area (TPSA) is 74.8 Å².